The summed E-state index contributed by atoms with van der Waals surface area (Å²) in [7, 11) is 1.82. The van der Waals surface area contributed by atoms with Gasteiger partial charge in [-0.1, -0.05) is 19.8 Å². The van der Waals surface area contributed by atoms with Crippen LogP contribution in [0.1, 0.15) is 39.0 Å². The Bertz CT molecular complexity index is 212. The normalized spacial score (nSPS) is 28.3. The van der Waals surface area contributed by atoms with Crippen molar-refractivity contribution in [3.05, 3.63) is 0 Å². The molecular formula is C12H22N2O. The van der Waals surface area contributed by atoms with Gasteiger partial charge in [0.1, 0.15) is 0 Å². The van der Waals surface area contributed by atoms with Gasteiger partial charge in [0.15, 0.2) is 0 Å². The number of hydrogen-bond acceptors (Lipinski definition) is 3. The molecule has 1 fully saturated rings. The Balaban J connectivity index is 2.11. The monoisotopic (exact) mass is 210 g/mol. The highest BCUT2D eigenvalue weighted by molar-refractivity contribution is 4.88. The lowest BCUT2D eigenvalue weighted by molar-refractivity contribution is 0.0131. The lowest BCUT2D eigenvalue weighted by atomic mass is 9.89. The first kappa shape index (κ1) is 12.5. The van der Waals surface area contributed by atoms with Crippen molar-refractivity contribution in [3.63, 3.8) is 0 Å². The summed E-state index contributed by atoms with van der Waals surface area (Å²) in [6, 6.07) is 2.14. The van der Waals surface area contributed by atoms with Crippen molar-refractivity contribution in [2.24, 2.45) is 5.92 Å². The van der Waals surface area contributed by atoms with E-state index in [1.54, 1.807) is 0 Å². The van der Waals surface area contributed by atoms with Gasteiger partial charge in [0.05, 0.1) is 18.2 Å². The quantitative estimate of drug-likeness (QED) is 0.755. The predicted octanol–water partition coefficient (Wildman–Crippen LogP) is 2.08. The van der Waals surface area contributed by atoms with E-state index < -0.39 is 0 Å². The van der Waals surface area contributed by atoms with Crippen LogP contribution in [0.2, 0.25) is 0 Å². The molecule has 0 bridgehead atoms. The van der Waals surface area contributed by atoms with Gasteiger partial charge in [-0.2, -0.15) is 5.26 Å². The lowest BCUT2D eigenvalue weighted by Crippen LogP contribution is -2.27. The molecule has 0 aliphatic heterocycles. The highest BCUT2D eigenvalue weighted by Gasteiger charge is 2.19. The summed E-state index contributed by atoms with van der Waals surface area (Å²) in [4.78, 5) is 0. The summed E-state index contributed by atoms with van der Waals surface area (Å²) in [5, 5.41) is 11.7. The van der Waals surface area contributed by atoms with E-state index in [1.165, 1.54) is 25.7 Å². The largest absolute Gasteiger partial charge is 0.378 e. The van der Waals surface area contributed by atoms with E-state index in [0.717, 1.165) is 12.3 Å². The van der Waals surface area contributed by atoms with Gasteiger partial charge in [0.25, 0.3) is 0 Å². The third-order valence-electron chi connectivity index (χ3n) is 3.15. The molecule has 1 N–H and O–H groups in total. The van der Waals surface area contributed by atoms with Crippen LogP contribution in [0.4, 0.5) is 0 Å². The Labute approximate surface area is 92.8 Å². The molecule has 0 spiro atoms. The Hall–Kier alpha value is -0.590. The highest BCUT2D eigenvalue weighted by atomic mass is 16.5. The zero-order valence-electron chi connectivity index (χ0n) is 9.83. The van der Waals surface area contributed by atoms with Gasteiger partial charge in [-0.15, -0.1) is 0 Å². The molecule has 15 heavy (non-hydrogen) atoms. The van der Waals surface area contributed by atoms with Gasteiger partial charge in [0, 0.05) is 6.61 Å². The van der Waals surface area contributed by atoms with E-state index in [9.17, 15) is 0 Å². The van der Waals surface area contributed by atoms with Crippen molar-refractivity contribution < 1.29 is 4.74 Å². The summed E-state index contributed by atoms with van der Waals surface area (Å²) >= 11 is 0. The van der Waals surface area contributed by atoms with Crippen LogP contribution >= 0.6 is 0 Å². The molecule has 1 aliphatic carbocycles. The number of hydrogen-bond donors (Lipinski definition) is 1. The maximum atomic E-state index is 8.74. The van der Waals surface area contributed by atoms with E-state index in [2.05, 4.69) is 18.3 Å². The number of nitriles is 1. The van der Waals surface area contributed by atoms with E-state index in [4.69, 9.17) is 10.00 Å². The average Bonchev–Trinajstić information content (AvgIpc) is 2.25. The van der Waals surface area contributed by atoms with Gasteiger partial charge in [-0.3, -0.25) is 0 Å². The Kier molecular flexibility index (Phi) is 5.67. The molecule has 0 aromatic rings. The first-order valence-electron chi connectivity index (χ1n) is 5.94. The molecule has 0 aromatic heterocycles. The fraction of sp³-hybridized carbons (Fsp3) is 0.917. The molecule has 1 aliphatic rings. The molecular weight excluding hydrogens is 188 g/mol. The second-order valence-corrected chi connectivity index (χ2v) is 4.52. The second-order valence-electron chi connectivity index (χ2n) is 4.52. The van der Waals surface area contributed by atoms with Gasteiger partial charge >= 0.3 is 0 Å². The second kappa shape index (κ2) is 6.81. The minimum Gasteiger partial charge on any atom is -0.378 e. The summed E-state index contributed by atoms with van der Waals surface area (Å²) in [5.41, 5.74) is 0. The fourth-order valence-corrected chi connectivity index (χ4v) is 2.16. The summed E-state index contributed by atoms with van der Waals surface area (Å²) in [6.45, 7) is 3.00. The molecule has 1 rings (SSSR count). The number of nitrogens with zero attached hydrogens (tertiary/aromatic N) is 1. The third-order valence-corrected chi connectivity index (χ3v) is 3.15. The van der Waals surface area contributed by atoms with Crippen molar-refractivity contribution in [2.45, 2.75) is 51.2 Å². The SMILES string of the molecule is CNC(C#N)CCOC1CCCC(C)C1. The average molecular weight is 210 g/mol. The molecule has 0 heterocycles. The first-order chi connectivity index (χ1) is 7.26. The van der Waals surface area contributed by atoms with Crippen LogP contribution in [0.5, 0.6) is 0 Å². The van der Waals surface area contributed by atoms with E-state index >= 15 is 0 Å². The van der Waals surface area contributed by atoms with Crippen molar-refractivity contribution in [2.75, 3.05) is 13.7 Å². The molecule has 86 valence electrons. The van der Waals surface area contributed by atoms with Crippen LogP contribution in [0.25, 0.3) is 0 Å². The molecule has 0 radical (unpaired) electrons. The zero-order chi connectivity index (χ0) is 11.1. The van der Waals surface area contributed by atoms with Gasteiger partial charge in [0.2, 0.25) is 0 Å². The lowest BCUT2D eigenvalue weighted by Gasteiger charge is -2.27. The van der Waals surface area contributed by atoms with Crippen molar-refractivity contribution in [1.82, 2.24) is 5.32 Å². The Morgan fingerprint density at radius 1 is 1.53 bits per heavy atom. The van der Waals surface area contributed by atoms with Crippen LogP contribution < -0.4 is 5.32 Å². The summed E-state index contributed by atoms with van der Waals surface area (Å²) in [5.74, 6) is 0.805. The van der Waals surface area contributed by atoms with Crippen LogP contribution in [0.3, 0.4) is 0 Å². The maximum Gasteiger partial charge on any atom is 0.0972 e. The Morgan fingerprint density at radius 2 is 2.33 bits per heavy atom. The van der Waals surface area contributed by atoms with Crippen LogP contribution in [-0.4, -0.2) is 25.8 Å². The van der Waals surface area contributed by atoms with Crippen LogP contribution in [0, 0.1) is 17.2 Å². The minimum atomic E-state index is -0.0639. The van der Waals surface area contributed by atoms with Gasteiger partial charge in [-0.25, -0.2) is 0 Å². The number of rotatable bonds is 5. The standard InChI is InChI=1S/C12H22N2O/c1-10-4-3-5-12(8-10)15-7-6-11(9-13)14-2/h10-12,14H,3-8H2,1-2H3. The number of nitrogens with one attached hydrogen (secondary N) is 1. The number of ether oxygens (including phenoxy) is 1. The predicted molar refractivity (Wildman–Crippen MR) is 60.4 cm³/mol. The van der Waals surface area contributed by atoms with E-state index in [-0.39, 0.29) is 6.04 Å². The zero-order valence-corrected chi connectivity index (χ0v) is 9.83. The Morgan fingerprint density at radius 3 is 2.93 bits per heavy atom. The smallest absolute Gasteiger partial charge is 0.0972 e. The molecule has 3 nitrogen and oxygen atoms in total. The van der Waals surface area contributed by atoms with Crippen LogP contribution in [-0.2, 0) is 4.74 Å². The van der Waals surface area contributed by atoms with E-state index in [1.807, 2.05) is 7.05 Å². The van der Waals surface area contributed by atoms with Gasteiger partial charge in [-0.05, 0) is 32.2 Å². The molecule has 1 saturated carbocycles. The maximum absolute atomic E-state index is 8.74. The van der Waals surface area contributed by atoms with Crippen molar-refractivity contribution in [3.8, 4) is 6.07 Å². The molecule has 0 aromatic carbocycles. The van der Waals surface area contributed by atoms with Crippen LogP contribution in [0.15, 0.2) is 0 Å². The molecule has 0 amide bonds. The fourth-order valence-electron chi connectivity index (χ4n) is 2.16. The topological polar surface area (TPSA) is 45.0 Å². The molecule has 3 unspecified atom stereocenters. The van der Waals surface area contributed by atoms with Gasteiger partial charge < -0.3 is 10.1 Å². The summed E-state index contributed by atoms with van der Waals surface area (Å²) < 4.78 is 5.80. The van der Waals surface area contributed by atoms with Crippen molar-refractivity contribution in [1.29, 1.82) is 5.26 Å². The summed E-state index contributed by atoms with van der Waals surface area (Å²) in [6.07, 6.45) is 6.25. The molecule has 3 atom stereocenters. The first-order valence-corrected chi connectivity index (χ1v) is 5.94. The van der Waals surface area contributed by atoms with Crippen molar-refractivity contribution >= 4 is 0 Å². The molecule has 0 saturated heterocycles. The molecule has 3 heteroatoms. The van der Waals surface area contributed by atoms with E-state index in [0.29, 0.717) is 12.7 Å². The third kappa shape index (κ3) is 4.63. The highest BCUT2D eigenvalue weighted by Crippen LogP contribution is 2.25. The minimum absolute atomic E-state index is 0.0639.